The average Bonchev–Trinajstić information content (AvgIpc) is 2.45. The summed E-state index contributed by atoms with van der Waals surface area (Å²) in [7, 11) is 0. The van der Waals surface area contributed by atoms with E-state index in [0.717, 1.165) is 5.56 Å². The van der Waals surface area contributed by atoms with Gasteiger partial charge in [0.25, 0.3) is 0 Å². The fraction of sp³-hybridized carbons (Fsp3) is 0.500. The second kappa shape index (κ2) is 8.56. The molecule has 0 bridgehead atoms. The maximum absolute atomic E-state index is 12.0. The Morgan fingerprint density at radius 3 is 2.81 bits per heavy atom. The number of benzene rings is 1. The minimum Gasteiger partial charge on any atom is -0.387 e. The molecule has 0 spiro atoms. The van der Waals surface area contributed by atoms with E-state index < -0.39 is 6.10 Å². The van der Waals surface area contributed by atoms with Crippen LogP contribution >= 0.6 is 24.0 Å². The molecule has 1 fully saturated rings. The van der Waals surface area contributed by atoms with Crippen LogP contribution in [-0.4, -0.2) is 42.9 Å². The van der Waals surface area contributed by atoms with Crippen LogP contribution in [0.1, 0.15) is 18.6 Å². The van der Waals surface area contributed by atoms with Gasteiger partial charge in [-0.05, 0) is 24.6 Å². The first kappa shape index (κ1) is 18.2. The van der Waals surface area contributed by atoms with Crippen LogP contribution in [0.25, 0.3) is 0 Å². The van der Waals surface area contributed by atoms with Crippen molar-refractivity contribution in [2.75, 3.05) is 19.7 Å². The van der Waals surface area contributed by atoms with Crippen LogP contribution in [-0.2, 0) is 9.53 Å². The summed E-state index contributed by atoms with van der Waals surface area (Å²) in [5.74, 6) is -0.162. The SMILES string of the molecule is C[C@H]1OCCN[C@@H]1C(=O)NCC(O)c1ccc(Cl)cc1.Cl. The minimum absolute atomic E-state index is 0. The molecule has 1 amide bonds. The van der Waals surface area contributed by atoms with E-state index in [1.807, 2.05) is 6.92 Å². The molecular weight excluding hydrogens is 315 g/mol. The molecule has 0 radical (unpaired) electrons. The Labute approximate surface area is 135 Å². The van der Waals surface area contributed by atoms with Crippen LogP contribution in [0.4, 0.5) is 0 Å². The Hall–Kier alpha value is -0.850. The normalized spacial score (nSPS) is 23.0. The van der Waals surface area contributed by atoms with Crippen LogP contribution in [0, 0.1) is 0 Å². The number of nitrogens with one attached hydrogen (secondary N) is 2. The molecule has 0 aliphatic carbocycles. The predicted molar refractivity (Wildman–Crippen MR) is 83.9 cm³/mol. The van der Waals surface area contributed by atoms with Crippen LogP contribution in [0.15, 0.2) is 24.3 Å². The number of aliphatic hydroxyl groups excluding tert-OH is 1. The molecule has 1 saturated heterocycles. The Bertz CT molecular complexity index is 456. The molecule has 0 saturated carbocycles. The molecule has 2 rings (SSSR count). The fourth-order valence-electron chi connectivity index (χ4n) is 2.14. The quantitative estimate of drug-likeness (QED) is 0.775. The standard InChI is InChI=1S/C14H19ClN2O3.ClH/c1-9-13(16-6-7-20-9)14(19)17-8-12(18)10-2-4-11(15)5-3-10;/h2-5,9,12-13,16,18H,6-8H2,1H3,(H,17,19);1H/t9-,12?,13+;/m1./s1. The summed E-state index contributed by atoms with van der Waals surface area (Å²) in [5, 5.41) is 16.5. The van der Waals surface area contributed by atoms with Crippen molar-refractivity contribution in [3.8, 4) is 0 Å². The lowest BCUT2D eigenvalue weighted by Crippen LogP contribution is -2.55. The zero-order valence-electron chi connectivity index (χ0n) is 11.7. The molecule has 1 unspecified atom stereocenters. The highest BCUT2D eigenvalue weighted by atomic mass is 35.5. The van der Waals surface area contributed by atoms with Gasteiger partial charge in [0.15, 0.2) is 0 Å². The van der Waals surface area contributed by atoms with Gasteiger partial charge in [0.1, 0.15) is 6.04 Å². The molecule has 1 aromatic carbocycles. The maximum atomic E-state index is 12.0. The second-order valence-electron chi connectivity index (χ2n) is 4.82. The molecule has 1 aliphatic rings. The summed E-state index contributed by atoms with van der Waals surface area (Å²) >= 11 is 5.79. The van der Waals surface area contributed by atoms with E-state index in [1.54, 1.807) is 24.3 Å². The molecule has 1 heterocycles. The summed E-state index contributed by atoms with van der Waals surface area (Å²) in [6, 6.07) is 6.52. The van der Waals surface area contributed by atoms with Crippen molar-refractivity contribution >= 4 is 29.9 Å². The van der Waals surface area contributed by atoms with Gasteiger partial charge in [-0.25, -0.2) is 0 Å². The molecule has 1 aliphatic heterocycles. The molecule has 7 heteroatoms. The number of morpholine rings is 1. The van der Waals surface area contributed by atoms with Crippen molar-refractivity contribution in [3.63, 3.8) is 0 Å². The Kier molecular flexibility index (Phi) is 7.42. The van der Waals surface area contributed by atoms with Gasteiger partial charge in [-0.3, -0.25) is 4.79 Å². The van der Waals surface area contributed by atoms with E-state index in [1.165, 1.54) is 0 Å². The van der Waals surface area contributed by atoms with Crippen molar-refractivity contribution in [2.45, 2.75) is 25.2 Å². The van der Waals surface area contributed by atoms with Crippen LogP contribution in [0.5, 0.6) is 0 Å². The molecule has 118 valence electrons. The molecule has 0 aromatic heterocycles. The number of amides is 1. The third-order valence-corrected chi connectivity index (χ3v) is 3.58. The van der Waals surface area contributed by atoms with Gasteiger partial charge in [0.05, 0.1) is 18.8 Å². The highest BCUT2D eigenvalue weighted by Gasteiger charge is 2.28. The van der Waals surface area contributed by atoms with Gasteiger partial charge in [0.2, 0.25) is 5.91 Å². The monoisotopic (exact) mass is 334 g/mol. The van der Waals surface area contributed by atoms with Gasteiger partial charge in [0, 0.05) is 18.1 Å². The number of aliphatic hydroxyl groups is 1. The lowest BCUT2D eigenvalue weighted by atomic mass is 10.1. The van der Waals surface area contributed by atoms with Crippen molar-refractivity contribution in [1.82, 2.24) is 10.6 Å². The molecule has 21 heavy (non-hydrogen) atoms. The number of carbonyl (C=O) groups excluding carboxylic acids is 1. The van der Waals surface area contributed by atoms with E-state index in [0.29, 0.717) is 18.2 Å². The third kappa shape index (κ3) is 5.13. The molecule has 3 atom stereocenters. The smallest absolute Gasteiger partial charge is 0.239 e. The predicted octanol–water partition coefficient (Wildman–Crippen LogP) is 1.29. The van der Waals surface area contributed by atoms with Gasteiger partial charge in [-0.1, -0.05) is 23.7 Å². The summed E-state index contributed by atoms with van der Waals surface area (Å²) < 4.78 is 5.42. The first-order chi connectivity index (χ1) is 9.58. The summed E-state index contributed by atoms with van der Waals surface area (Å²) in [4.78, 5) is 12.0. The molecular formula is C14H20Cl2N2O3. The lowest BCUT2D eigenvalue weighted by molar-refractivity contribution is -0.129. The number of rotatable bonds is 4. The van der Waals surface area contributed by atoms with E-state index >= 15 is 0 Å². The number of carbonyl (C=O) groups is 1. The summed E-state index contributed by atoms with van der Waals surface area (Å²) in [6.07, 6.45) is -0.924. The number of hydrogen-bond acceptors (Lipinski definition) is 4. The molecule has 3 N–H and O–H groups in total. The van der Waals surface area contributed by atoms with Gasteiger partial charge in [-0.15, -0.1) is 12.4 Å². The van der Waals surface area contributed by atoms with Crippen molar-refractivity contribution in [2.24, 2.45) is 0 Å². The Morgan fingerprint density at radius 1 is 1.52 bits per heavy atom. The van der Waals surface area contributed by atoms with Gasteiger partial charge >= 0.3 is 0 Å². The molecule has 5 nitrogen and oxygen atoms in total. The van der Waals surface area contributed by atoms with Crippen molar-refractivity contribution < 1.29 is 14.6 Å². The maximum Gasteiger partial charge on any atom is 0.239 e. The number of hydrogen-bond donors (Lipinski definition) is 3. The average molecular weight is 335 g/mol. The highest BCUT2D eigenvalue weighted by molar-refractivity contribution is 6.30. The second-order valence-corrected chi connectivity index (χ2v) is 5.26. The fourth-order valence-corrected chi connectivity index (χ4v) is 2.26. The third-order valence-electron chi connectivity index (χ3n) is 3.32. The van der Waals surface area contributed by atoms with Crippen molar-refractivity contribution in [1.29, 1.82) is 0 Å². The van der Waals surface area contributed by atoms with Crippen LogP contribution < -0.4 is 10.6 Å². The van der Waals surface area contributed by atoms with Gasteiger partial charge in [-0.2, -0.15) is 0 Å². The van der Waals surface area contributed by atoms with Crippen LogP contribution in [0.3, 0.4) is 0 Å². The first-order valence-electron chi connectivity index (χ1n) is 6.64. The summed E-state index contributed by atoms with van der Waals surface area (Å²) in [5.41, 5.74) is 0.718. The molecule has 1 aromatic rings. The zero-order valence-corrected chi connectivity index (χ0v) is 13.3. The summed E-state index contributed by atoms with van der Waals surface area (Å²) in [6.45, 7) is 3.28. The highest BCUT2D eigenvalue weighted by Crippen LogP contribution is 2.15. The van der Waals surface area contributed by atoms with E-state index in [4.69, 9.17) is 16.3 Å². The minimum atomic E-state index is -0.754. The number of ether oxygens (including phenoxy) is 1. The lowest BCUT2D eigenvalue weighted by Gasteiger charge is -2.29. The largest absolute Gasteiger partial charge is 0.387 e. The van der Waals surface area contributed by atoms with Gasteiger partial charge < -0.3 is 20.5 Å². The first-order valence-corrected chi connectivity index (χ1v) is 7.02. The Balaban J connectivity index is 0.00000220. The van der Waals surface area contributed by atoms with E-state index in [9.17, 15) is 9.90 Å². The van der Waals surface area contributed by atoms with E-state index in [-0.39, 0.29) is 37.0 Å². The number of halogens is 2. The van der Waals surface area contributed by atoms with Crippen LogP contribution in [0.2, 0.25) is 5.02 Å². The van der Waals surface area contributed by atoms with Crippen molar-refractivity contribution in [3.05, 3.63) is 34.9 Å². The Morgan fingerprint density at radius 2 is 2.19 bits per heavy atom. The topological polar surface area (TPSA) is 70.6 Å². The van der Waals surface area contributed by atoms with E-state index in [2.05, 4.69) is 10.6 Å². The zero-order chi connectivity index (χ0) is 14.5.